The lowest BCUT2D eigenvalue weighted by molar-refractivity contribution is -0.120. The van der Waals surface area contributed by atoms with Gasteiger partial charge in [-0.15, -0.1) is 11.3 Å². The maximum absolute atomic E-state index is 12.7. The summed E-state index contributed by atoms with van der Waals surface area (Å²) in [5.74, 6) is -0.179. The summed E-state index contributed by atoms with van der Waals surface area (Å²) in [6, 6.07) is 8.01. The molecule has 4 nitrogen and oxygen atoms in total. The molecule has 6 heteroatoms. The Balaban J connectivity index is 1.78. The zero-order valence-corrected chi connectivity index (χ0v) is 12.5. The van der Waals surface area contributed by atoms with Crippen molar-refractivity contribution in [2.75, 3.05) is 11.4 Å². The Hall–Kier alpha value is -1.85. The molecule has 1 atom stereocenters. The van der Waals surface area contributed by atoms with Crippen molar-refractivity contribution in [2.45, 2.75) is 12.5 Å². The van der Waals surface area contributed by atoms with Crippen LogP contribution < -0.4 is 4.90 Å². The number of benzene rings is 1. The van der Waals surface area contributed by atoms with Gasteiger partial charge in [0, 0.05) is 16.4 Å². The Kier molecular flexibility index (Phi) is 2.80. The fourth-order valence-electron chi connectivity index (χ4n) is 2.96. The lowest BCUT2D eigenvalue weighted by Gasteiger charge is -2.26. The van der Waals surface area contributed by atoms with Crippen LogP contribution in [-0.2, 0) is 11.2 Å². The molecular formula is C15H11ClN2O2S. The van der Waals surface area contributed by atoms with Gasteiger partial charge in [0.2, 0.25) is 0 Å². The molecule has 3 amide bonds. The predicted octanol–water partition coefficient (Wildman–Crippen LogP) is 3.47. The van der Waals surface area contributed by atoms with Gasteiger partial charge in [0.15, 0.2) is 0 Å². The first kappa shape index (κ1) is 12.9. The van der Waals surface area contributed by atoms with Gasteiger partial charge in [-0.3, -0.25) is 4.79 Å². The molecule has 2 aromatic rings. The molecule has 0 aliphatic carbocycles. The van der Waals surface area contributed by atoms with Crippen LogP contribution in [0.1, 0.15) is 16.5 Å². The van der Waals surface area contributed by atoms with Crippen molar-refractivity contribution < 1.29 is 9.59 Å². The molecule has 1 saturated heterocycles. The van der Waals surface area contributed by atoms with Crippen molar-refractivity contribution in [2.24, 2.45) is 0 Å². The number of carbonyl (C=O) groups excluding carboxylic acids is 2. The Morgan fingerprint density at radius 1 is 1.14 bits per heavy atom. The molecule has 1 unspecified atom stereocenters. The topological polar surface area (TPSA) is 40.6 Å². The lowest BCUT2D eigenvalue weighted by Crippen LogP contribution is -2.35. The van der Waals surface area contributed by atoms with Crippen LogP contribution in [0.4, 0.5) is 10.5 Å². The van der Waals surface area contributed by atoms with E-state index in [4.69, 9.17) is 11.6 Å². The average Bonchev–Trinajstić information content (AvgIpc) is 3.04. The SMILES string of the molecule is O=C1C2c3ccsc3CCN2C(=O)N1c1ccc(Cl)cc1. The second-order valence-electron chi connectivity index (χ2n) is 5.08. The van der Waals surface area contributed by atoms with E-state index in [1.54, 1.807) is 40.5 Å². The van der Waals surface area contributed by atoms with Crippen LogP contribution >= 0.6 is 22.9 Å². The molecule has 2 aliphatic rings. The van der Waals surface area contributed by atoms with E-state index in [0.29, 0.717) is 17.3 Å². The van der Waals surface area contributed by atoms with Crippen LogP contribution in [0.3, 0.4) is 0 Å². The first-order chi connectivity index (χ1) is 10.2. The zero-order chi connectivity index (χ0) is 14.6. The Labute approximate surface area is 130 Å². The van der Waals surface area contributed by atoms with E-state index >= 15 is 0 Å². The third kappa shape index (κ3) is 1.81. The molecule has 0 N–H and O–H groups in total. The molecule has 0 saturated carbocycles. The van der Waals surface area contributed by atoms with Gasteiger partial charge < -0.3 is 4.90 Å². The van der Waals surface area contributed by atoms with Gasteiger partial charge in [-0.05, 0) is 47.7 Å². The van der Waals surface area contributed by atoms with E-state index in [1.807, 2.05) is 11.4 Å². The van der Waals surface area contributed by atoms with E-state index < -0.39 is 6.04 Å². The largest absolute Gasteiger partial charge is 0.332 e. The molecule has 2 aliphatic heterocycles. The van der Waals surface area contributed by atoms with Crippen LogP contribution in [0.5, 0.6) is 0 Å². The quantitative estimate of drug-likeness (QED) is 0.755. The third-order valence-corrected chi connectivity index (χ3v) is 5.19. The van der Waals surface area contributed by atoms with Crippen LogP contribution in [0, 0.1) is 0 Å². The zero-order valence-electron chi connectivity index (χ0n) is 11.0. The Morgan fingerprint density at radius 2 is 1.90 bits per heavy atom. The van der Waals surface area contributed by atoms with Crippen molar-refractivity contribution in [3.63, 3.8) is 0 Å². The highest BCUT2D eigenvalue weighted by Gasteiger charge is 2.49. The number of anilines is 1. The van der Waals surface area contributed by atoms with E-state index in [-0.39, 0.29) is 11.9 Å². The number of rotatable bonds is 1. The predicted molar refractivity (Wildman–Crippen MR) is 81.8 cm³/mol. The summed E-state index contributed by atoms with van der Waals surface area (Å²) in [6.45, 7) is 0.590. The van der Waals surface area contributed by atoms with Gasteiger partial charge in [-0.25, -0.2) is 9.69 Å². The molecule has 1 aromatic heterocycles. The maximum Gasteiger partial charge on any atom is 0.332 e. The standard InChI is InChI=1S/C15H11ClN2O2S/c16-9-1-3-10(4-2-9)18-14(19)13-11-6-8-21-12(11)5-7-17(13)15(18)20/h1-4,6,8,13H,5,7H2. The summed E-state index contributed by atoms with van der Waals surface area (Å²) in [4.78, 5) is 29.4. The fourth-order valence-corrected chi connectivity index (χ4v) is 3.99. The van der Waals surface area contributed by atoms with Crippen LogP contribution in [-0.4, -0.2) is 23.4 Å². The number of imide groups is 1. The van der Waals surface area contributed by atoms with Crippen LogP contribution in [0.2, 0.25) is 5.02 Å². The van der Waals surface area contributed by atoms with E-state index in [0.717, 1.165) is 12.0 Å². The van der Waals surface area contributed by atoms with Gasteiger partial charge >= 0.3 is 6.03 Å². The van der Waals surface area contributed by atoms with Crippen molar-refractivity contribution >= 4 is 40.6 Å². The third-order valence-electron chi connectivity index (χ3n) is 3.94. The highest BCUT2D eigenvalue weighted by molar-refractivity contribution is 7.10. The molecule has 0 radical (unpaired) electrons. The molecule has 21 heavy (non-hydrogen) atoms. The normalized spacial score (nSPS) is 20.7. The first-order valence-electron chi connectivity index (χ1n) is 6.63. The first-order valence-corrected chi connectivity index (χ1v) is 7.89. The smallest absolute Gasteiger partial charge is 0.307 e. The number of hydrogen-bond acceptors (Lipinski definition) is 3. The summed E-state index contributed by atoms with van der Waals surface area (Å²) >= 11 is 7.52. The number of amides is 3. The maximum atomic E-state index is 12.7. The molecule has 3 heterocycles. The van der Waals surface area contributed by atoms with Gasteiger partial charge in [-0.1, -0.05) is 11.6 Å². The van der Waals surface area contributed by atoms with Gasteiger partial charge in [0.05, 0.1) is 5.69 Å². The Bertz CT molecular complexity index is 740. The summed E-state index contributed by atoms with van der Waals surface area (Å²) in [5.41, 5.74) is 1.54. The monoisotopic (exact) mass is 318 g/mol. The van der Waals surface area contributed by atoms with Crippen LogP contribution in [0.25, 0.3) is 0 Å². The Morgan fingerprint density at radius 3 is 2.67 bits per heavy atom. The minimum absolute atomic E-state index is 0.179. The number of halogens is 1. The molecule has 1 fully saturated rings. The number of fused-ring (bicyclic) bond motifs is 3. The summed E-state index contributed by atoms with van der Waals surface area (Å²) in [7, 11) is 0. The highest BCUT2D eigenvalue weighted by Crippen LogP contribution is 2.40. The molecule has 4 rings (SSSR count). The highest BCUT2D eigenvalue weighted by atomic mass is 35.5. The summed E-state index contributed by atoms with van der Waals surface area (Å²) < 4.78 is 0. The van der Waals surface area contributed by atoms with Crippen molar-refractivity contribution in [3.8, 4) is 0 Å². The van der Waals surface area contributed by atoms with Crippen molar-refractivity contribution in [3.05, 3.63) is 51.2 Å². The molecule has 1 aromatic carbocycles. The molecule has 0 spiro atoms. The molecule has 0 bridgehead atoms. The molecule has 106 valence electrons. The minimum Gasteiger partial charge on any atom is -0.307 e. The number of nitrogens with zero attached hydrogens (tertiary/aromatic N) is 2. The second kappa shape index (κ2) is 4.58. The summed E-state index contributed by atoms with van der Waals surface area (Å²) in [5, 5.41) is 2.56. The molecular weight excluding hydrogens is 308 g/mol. The summed E-state index contributed by atoms with van der Waals surface area (Å²) in [6.07, 6.45) is 0.816. The number of urea groups is 1. The number of carbonyl (C=O) groups is 2. The van der Waals surface area contributed by atoms with E-state index in [9.17, 15) is 9.59 Å². The second-order valence-corrected chi connectivity index (χ2v) is 6.51. The van der Waals surface area contributed by atoms with Gasteiger partial charge in [-0.2, -0.15) is 0 Å². The number of thiophene rings is 1. The van der Waals surface area contributed by atoms with Crippen LogP contribution in [0.15, 0.2) is 35.7 Å². The van der Waals surface area contributed by atoms with Gasteiger partial charge in [0.25, 0.3) is 5.91 Å². The lowest BCUT2D eigenvalue weighted by atomic mass is 10.0. The number of hydrogen-bond donors (Lipinski definition) is 0. The minimum atomic E-state index is -0.469. The van der Waals surface area contributed by atoms with E-state index in [1.165, 1.54) is 9.78 Å². The fraction of sp³-hybridized carbons (Fsp3) is 0.200. The van der Waals surface area contributed by atoms with E-state index in [2.05, 4.69) is 0 Å². The van der Waals surface area contributed by atoms with Crippen molar-refractivity contribution in [1.29, 1.82) is 0 Å². The van der Waals surface area contributed by atoms with Gasteiger partial charge in [0.1, 0.15) is 6.04 Å². The average molecular weight is 319 g/mol. The van der Waals surface area contributed by atoms with Crippen molar-refractivity contribution in [1.82, 2.24) is 4.90 Å².